The van der Waals surface area contributed by atoms with Gasteiger partial charge in [0.25, 0.3) is 5.91 Å². The maximum Gasteiger partial charge on any atom is 0.416 e. The van der Waals surface area contributed by atoms with Crippen LogP contribution in [-0.2, 0) is 16.2 Å². The number of fused-ring (bicyclic) bond motifs is 1. The van der Waals surface area contributed by atoms with Crippen molar-refractivity contribution in [1.82, 2.24) is 4.72 Å². The molecule has 3 aromatic rings. The molecule has 0 spiro atoms. The zero-order valence-electron chi connectivity index (χ0n) is 17.1. The molecule has 1 heterocycles. The summed E-state index contributed by atoms with van der Waals surface area (Å²) in [5.41, 5.74) is 0.0611. The Morgan fingerprint density at radius 2 is 1.73 bits per heavy atom. The summed E-state index contributed by atoms with van der Waals surface area (Å²) in [6, 6.07) is 15.3. The van der Waals surface area contributed by atoms with Crippen LogP contribution in [0, 0.1) is 0 Å². The van der Waals surface area contributed by atoms with Gasteiger partial charge in [0.15, 0.2) is 0 Å². The van der Waals surface area contributed by atoms with E-state index in [2.05, 4.69) is 15.4 Å². The zero-order valence-corrected chi connectivity index (χ0v) is 17.9. The quantitative estimate of drug-likeness (QED) is 0.519. The minimum atomic E-state index is -4.61. The van der Waals surface area contributed by atoms with E-state index in [9.17, 15) is 26.4 Å². The van der Waals surface area contributed by atoms with Crippen LogP contribution < -0.4 is 20.1 Å². The highest BCUT2D eigenvalue weighted by atomic mass is 32.2. The number of hydrogen-bond donors (Lipinski definition) is 3. The number of amides is 1. The fraction of sp³-hybridized carbons (Fsp3) is 0.136. The van der Waals surface area contributed by atoms with Gasteiger partial charge in [-0.25, -0.2) is 8.42 Å². The summed E-state index contributed by atoms with van der Waals surface area (Å²) in [6.07, 6.45) is -5.63. The minimum Gasteiger partial charge on any atom is -0.495 e. The Morgan fingerprint density at radius 3 is 2.39 bits per heavy atom. The SMILES string of the molecule is COc1ccccc1NC(=O)c1ccc([C@@H]2Nc3cc(C(F)(F)F)ccc3S(=O)(=O)N2)cc1. The molecule has 172 valence electrons. The van der Waals surface area contributed by atoms with E-state index in [4.69, 9.17) is 4.74 Å². The largest absolute Gasteiger partial charge is 0.495 e. The molecule has 33 heavy (non-hydrogen) atoms. The van der Waals surface area contributed by atoms with Crippen molar-refractivity contribution in [3.05, 3.63) is 83.4 Å². The summed E-state index contributed by atoms with van der Waals surface area (Å²) in [5.74, 6) is 0.0728. The van der Waals surface area contributed by atoms with Gasteiger partial charge in [-0.2, -0.15) is 17.9 Å². The lowest BCUT2D eigenvalue weighted by Gasteiger charge is -2.29. The summed E-state index contributed by atoms with van der Waals surface area (Å²) < 4.78 is 71.9. The molecule has 0 unspecified atom stereocenters. The number of carbonyl (C=O) groups excluding carboxylic acids is 1. The second kappa shape index (κ2) is 8.41. The summed E-state index contributed by atoms with van der Waals surface area (Å²) in [5, 5.41) is 5.50. The molecule has 11 heteroatoms. The van der Waals surface area contributed by atoms with E-state index in [-0.39, 0.29) is 10.6 Å². The smallest absolute Gasteiger partial charge is 0.416 e. The van der Waals surface area contributed by atoms with Gasteiger partial charge in [0, 0.05) is 5.56 Å². The van der Waals surface area contributed by atoms with Gasteiger partial charge in [-0.15, -0.1) is 0 Å². The van der Waals surface area contributed by atoms with Crippen molar-refractivity contribution in [3.8, 4) is 5.75 Å². The van der Waals surface area contributed by atoms with Crippen molar-refractivity contribution in [2.75, 3.05) is 17.7 Å². The number of methoxy groups -OCH3 is 1. The highest BCUT2D eigenvalue weighted by Gasteiger charge is 2.35. The van der Waals surface area contributed by atoms with Gasteiger partial charge < -0.3 is 15.4 Å². The number of para-hydroxylation sites is 2. The average Bonchev–Trinajstić information content (AvgIpc) is 2.78. The minimum absolute atomic E-state index is 0.161. The van der Waals surface area contributed by atoms with E-state index >= 15 is 0 Å². The first-order valence-corrected chi connectivity index (χ1v) is 11.1. The maximum absolute atomic E-state index is 13.1. The van der Waals surface area contributed by atoms with Gasteiger partial charge in [-0.05, 0) is 48.0 Å². The van der Waals surface area contributed by atoms with Gasteiger partial charge >= 0.3 is 6.18 Å². The van der Waals surface area contributed by atoms with Gasteiger partial charge in [-0.1, -0.05) is 24.3 Å². The molecule has 0 bridgehead atoms. The first-order valence-electron chi connectivity index (χ1n) is 9.63. The fourth-order valence-electron chi connectivity index (χ4n) is 3.38. The lowest BCUT2D eigenvalue weighted by Crippen LogP contribution is -2.38. The van der Waals surface area contributed by atoms with Crippen LogP contribution in [0.5, 0.6) is 5.75 Å². The van der Waals surface area contributed by atoms with Crippen LogP contribution >= 0.6 is 0 Å². The van der Waals surface area contributed by atoms with Gasteiger partial charge in [-0.3, -0.25) is 4.79 Å². The molecule has 0 aromatic heterocycles. The van der Waals surface area contributed by atoms with E-state index in [1.54, 1.807) is 24.3 Å². The molecule has 3 aromatic carbocycles. The molecule has 1 atom stereocenters. The molecule has 4 rings (SSSR count). The van der Waals surface area contributed by atoms with Crippen LogP contribution in [0.4, 0.5) is 24.5 Å². The summed E-state index contributed by atoms with van der Waals surface area (Å²) in [4.78, 5) is 12.3. The molecule has 1 aliphatic rings. The van der Waals surface area contributed by atoms with Crippen LogP contribution in [0.2, 0.25) is 0 Å². The monoisotopic (exact) mass is 477 g/mol. The predicted octanol–water partition coefficient (Wildman–Crippen LogP) is 4.37. The van der Waals surface area contributed by atoms with Crippen molar-refractivity contribution in [3.63, 3.8) is 0 Å². The standard InChI is InChI=1S/C22H18F3N3O4S/c1-32-18-5-3-2-4-16(18)27-21(29)14-8-6-13(7-9-14)20-26-17-12-15(22(23,24)25)10-11-19(17)33(30,31)28-20/h2-12,20,26,28H,1H3,(H,27,29)/t20-/m1/s1. The molecule has 1 amide bonds. The normalized spacial score (nSPS) is 16.9. The topological polar surface area (TPSA) is 96.5 Å². The van der Waals surface area contributed by atoms with E-state index < -0.39 is 33.8 Å². The Morgan fingerprint density at radius 1 is 1.03 bits per heavy atom. The summed E-state index contributed by atoms with van der Waals surface area (Å²) >= 11 is 0. The van der Waals surface area contributed by atoms with Gasteiger partial charge in [0.2, 0.25) is 10.0 Å². The molecule has 7 nitrogen and oxygen atoms in total. The molecule has 0 saturated heterocycles. The van der Waals surface area contributed by atoms with Crippen LogP contribution in [0.25, 0.3) is 0 Å². The number of rotatable bonds is 4. The number of hydrogen-bond acceptors (Lipinski definition) is 5. The third-order valence-corrected chi connectivity index (χ3v) is 6.51. The second-order valence-electron chi connectivity index (χ2n) is 7.18. The van der Waals surface area contributed by atoms with Crippen molar-refractivity contribution < 1.29 is 31.1 Å². The zero-order chi connectivity index (χ0) is 23.8. The Balaban J connectivity index is 1.56. The van der Waals surface area contributed by atoms with Crippen molar-refractivity contribution in [1.29, 1.82) is 0 Å². The second-order valence-corrected chi connectivity index (χ2v) is 8.87. The Hall–Kier alpha value is -3.57. The van der Waals surface area contributed by atoms with Gasteiger partial charge in [0.05, 0.1) is 24.0 Å². The summed E-state index contributed by atoms with van der Waals surface area (Å²) in [7, 11) is -2.57. The molecule has 1 aliphatic heterocycles. The molecular weight excluding hydrogens is 459 g/mol. The maximum atomic E-state index is 13.1. The van der Waals surface area contributed by atoms with Crippen LogP contribution in [-0.4, -0.2) is 21.4 Å². The number of carbonyl (C=O) groups is 1. The molecular formula is C22H18F3N3O4S. The highest BCUT2D eigenvalue weighted by Crippen LogP contribution is 2.37. The lowest BCUT2D eigenvalue weighted by molar-refractivity contribution is -0.137. The van der Waals surface area contributed by atoms with E-state index in [1.807, 2.05) is 0 Å². The fourth-order valence-corrected chi connectivity index (χ4v) is 4.66. The van der Waals surface area contributed by atoms with Crippen LogP contribution in [0.1, 0.15) is 27.7 Å². The Bertz CT molecular complexity index is 1310. The van der Waals surface area contributed by atoms with Gasteiger partial charge in [0.1, 0.15) is 16.8 Å². The number of benzene rings is 3. The molecule has 0 radical (unpaired) electrons. The molecule has 0 aliphatic carbocycles. The Kier molecular flexibility index (Phi) is 5.76. The van der Waals surface area contributed by atoms with Crippen LogP contribution in [0.3, 0.4) is 0 Å². The lowest BCUT2D eigenvalue weighted by atomic mass is 10.1. The first kappa shape index (κ1) is 22.6. The van der Waals surface area contributed by atoms with E-state index in [0.29, 0.717) is 22.6 Å². The molecule has 0 fully saturated rings. The number of halogens is 3. The van der Waals surface area contributed by atoms with E-state index in [0.717, 1.165) is 18.2 Å². The van der Waals surface area contributed by atoms with Crippen molar-refractivity contribution >= 4 is 27.3 Å². The highest BCUT2D eigenvalue weighted by molar-refractivity contribution is 7.89. The number of anilines is 2. The third-order valence-electron chi connectivity index (χ3n) is 5.03. The number of ether oxygens (including phenoxy) is 1. The van der Waals surface area contributed by atoms with Crippen LogP contribution in [0.15, 0.2) is 71.6 Å². The molecule has 0 saturated carbocycles. The third kappa shape index (κ3) is 4.64. The van der Waals surface area contributed by atoms with E-state index in [1.165, 1.54) is 31.4 Å². The van der Waals surface area contributed by atoms with Crippen molar-refractivity contribution in [2.45, 2.75) is 17.2 Å². The summed E-state index contributed by atoms with van der Waals surface area (Å²) in [6.45, 7) is 0. The average molecular weight is 477 g/mol. The predicted molar refractivity (Wildman–Crippen MR) is 116 cm³/mol. The Labute approximate surface area is 187 Å². The number of nitrogens with one attached hydrogen (secondary N) is 3. The number of sulfonamides is 1. The molecule has 3 N–H and O–H groups in total. The number of alkyl halides is 3. The van der Waals surface area contributed by atoms with Crippen molar-refractivity contribution in [2.24, 2.45) is 0 Å². The first-order chi connectivity index (χ1) is 15.6.